The van der Waals surface area contributed by atoms with Crippen LogP contribution in [0.1, 0.15) is 21.5 Å². The van der Waals surface area contributed by atoms with Gasteiger partial charge in [-0.1, -0.05) is 12.3 Å². The van der Waals surface area contributed by atoms with E-state index in [1.54, 1.807) is 13.1 Å². The highest BCUT2D eigenvalue weighted by Crippen LogP contribution is 2.27. The highest BCUT2D eigenvalue weighted by atomic mass is 19.2. The number of pyridine rings is 1. The molecule has 0 spiro atoms. The quantitative estimate of drug-likeness (QED) is 0.852. The van der Waals surface area contributed by atoms with Gasteiger partial charge in [-0.3, -0.25) is 0 Å². The van der Waals surface area contributed by atoms with Crippen LogP contribution in [-0.2, 0) is 0 Å². The van der Waals surface area contributed by atoms with Crippen molar-refractivity contribution in [3.8, 4) is 0 Å². The predicted octanol–water partition coefficient (Wildman–Crippen LogP) is 2.53. The number of carboxylic acids is 1. The molecule has 0 bridgehead atoms. The van der Waals surface area contributed by atoms with E-state index < -0.39 is 23.3 Å². The van der Waals surface area contributed by atoms with Crippen molar-refractivity contribution in [1.29, 1.82) is 0 Å². The van der Waals surface area contributed by atoms with Gasteiger partial charge >= 0.3 is 5.97 Å². The molecule has 0 radical (unpaired) electrons. The van der Waals surface area contributed by atoms with Gasteiger partial charge in [0.2, 0.25) is 0 Å². The summed E-state index contributed by atoms with van der Waals surface area (Å²) in [7, 11) is 0.800. The second-order valence-corrected chi connectivity index (χ2v) is 4.95. The Morgan fingerprint density at radius 1 is 1.27 bits per heavy atom. The van der Waals surface area contributed by atoms with Gasteiger partial charge in [-0.15, -0.1) is 0 Å². The summed E-state index contributed by atoms with van der Waals surface area (Å²) in [6, 6.07) is 1.81. The van der Waals surface area contributed by atoms with Gasteiger partial charge in [-0.2, -0.15) is 0 Å². The Kier molecular flexibility index (Phi) is 4.44. The summed E-state index contributed by atoms with van der Waals surface area (Å²) in [6.45, 7) is 5.69. The van der Waals surface area contributed by atoms with Crippen LogP contribution in [0.25, 0.3) is 0 Å². The molecular weight excluding hydrogens is 289 g/mol. The maximum atomic E-state index is 14.0. The number of nitrogens with zero attached hydrogens (tertiary/aromatic N) is 1. The Balaban J connectivity index is 2.54. The third kappa shape index (κ3) is 2.79. The maximum Gasteiger partial charge on any atom is 0.337 e. The first-order chi connectivity index (χ1) is 10.4. The molecule has 2 rings (SSSR count). The molecule has 22 heavy (non-hydrogen) atoms. The van der Waals surface area contributed by atoms with Crippen LogP contribution in [0, 0.1) is 25.5 Å². The van der Waals surface area contributed by atoms with E-state index in [4.69, 9.17) is 5.11 Å². The maximum absolute atomic E-state index is 14.0. The first-order valence-electron chi connectivity index (χ1n) is 6.80. The van der Waals surface area contributed by atoms with Gasteiger partial charge in [0.15, 0.2) is 18.9 Å². The minimum absolute atomic E-state index is 0.307. The molecule has 1 aromatic carbocycles. The first-order valence-corrected chi connectivity index (χ1v) is 6.80. The lowest BCUT2D eigenvalue weighted by molar-refractivity contribution is 0.0697. The Morgan fingerprint density at radius 3 is 2.55 bits per heavy atom. The minimum Gasteiger partial charge on any atom is -0.478 e. The lowest BCUT2D eigenvalue weighted by Gasteiger charge is -2.15. The van der Waals surface area contributed by atoms with Crippen molar-refractivity contribution in [3.63, 3.8) is 0 Å². The lowest BCUT2D eigenvalue weighted by Crippen LogP contribution is -2.18. The topological polar surface area (TPSA) is 62.2 Å². The van der Waals surface area contributed by atoms with Crippen LogP contribution >= 0.6 is 0 Å². The zero-order valence-electron chi connectivity index (χ0n) is 12.5. The number of aromatic carboxylic acids is 1. The average molecular weight is 304 g/mol. The number of rotatable bonds is 4. The van der Waals surface area contributed by atoms with Gasteiger partial charge in [0, 0.05) is 6.20 Å². The number of halogens is 2. The normalized spacial score (nSPS) is 10.4. The summed E-state index contributed by atoms with van der Waals surface area (Å²) >= 11 is 0. The highest BCUT2D eigenvalue weighted by Gasteiger charge is 2.19. The lowest BCUT2D eigenvalue weighted by atomic mass is 9.71. The Bertz CT molecular complexity index is 751. The molecule has 1 aromatic heterocycles. The van der Waals surface area contributed by atoms with Gasteiger partial charge in [-0.25, -0.2) is 18.6 Å². The van der Waals surface area contributed by atoms with Crippen LogP contribution in [0.5, 0.6) is 0 Å². The molecule has 2 aromatic rings. The van der Waals surface area contributed by atoms with E-state index in [2.05, 4.69) is 10.3 Å². The van der Waals surface area contributed by atoms with Crippen LogP contribution in [-0.4, -0.2) is 23.3 Å². The van der Waals surface area contributed by atoms with E-state index in [9.17, 15) is 13.6 Å². The van der Waals surface area contributed by atoms with E-state index in [-0.39, 0.29) is 5.56 Å². The third-order valence-corrected chi connectivity index (χ3v) is 3.70. The summed E-state index contributed by atoms with van der Waals surface area (Å²) in [5.74, 6) is -3.40. The standard InChI is InChI=1S/C15H15BF2N2O2/c1-7-8(2)14(19-6-10(7)16-3)20-13-9(15(21)22)4-5-11(17)12(13)18/h4-6,16H,1-3H3,(H,19,20)(H,21,22). The third-order valence-electron chi connectivity index (χ3n) is 3.70. The molecule has 0 unspecified atom stereocenters. The van der Waals surface area contributed by atoms with Gasteiger partial charge in [0.25, 0.3) is 0 Å². The fraction of sp³-hybridized carbons (Fsp3) is 0.200. The molecule has 0 aliphatic rings. The molecular formula is C15H15BF2N2O2. The highest BCUT2D eigenvalue weighted by molar-refractivity contribution is 6.52. The van der Waals surface area contributed by atoms with E-state index in [0.717, 1.165) is 36.0 Å². The van der Waals surface area contributed by atoms with Gasteiger partial charge in [0.05, 0.1) is 11.3 Å². The van der Waals surface area contributed by atoms with Crippen molar-refractivity contribution >= 4 is 30.2 Å². The van der Waals surface area contributed by atoms with E-state index >= 15 is 0 Å². The number of aromatic nitrogens is 1. The monoisotopic (exact) mass is 304 g/mol. The van der Waals surface area contributed by atoms with Crippen molar-refractivity contribution < 1.29 is 18.7 Å². The van der Waals surface area contributed by atoms with E-state index in [0.29, 0.717) is 5.82 Å². The van der Waals surface area contributed by atoms with Crippen molar-refractivity contribution in [3.05, 3.63) is 46.7 Å². The molecule has 4 nitrogen and oxygen atoms in total. The van der Waals surface area contributed by atoms with Crippen molar-refractivity contribution in [2.45, 2.75) is 20.7 Å². The minimum atomic E-state index is -1.35. The predicted molar refractivity (Wildman–Crippen MR) is 83.0 cm³/mol. The number of benzene rings is 1. The first kappa shape index (κ1) is 15.9. The van der Waals surface area contributed by atoms with E-state index in [1.807, 2.05) is 13.7 Å². The number of anilines is 2. The molecule has 0 atom stereocenters. The second-order valence-electron chi connectivity index (χ2n) is 4.95. The summed E-state index contributed by atoms with van der Waals surface area (Å²) < 4.78 is 27.4. The van der Waals surface area contributed by atoms with Crippen molar-refractivity contribution in [1.82, 2.24) is 4.98 Å². The molecule has 0 fully saturated rings. The molecule has 114 valence electrons. The van der Waals surface area contributed by atoms with Crippen LogP contribution < -0.4 is 10.8 Å². The Hall–Kier alpha value is -2.44. The molecule has 1 heterocycles. The molecule has 0 amide bonds. The van der Waals surface area contributed by atoms with Crippen LogP contribution in [0.15, 0.2) is 18.3 Å². The van der Waals surface area contributed by atoms with Crippen LogP contribution in [0.2, 0.25) is 6.82 Å². The van der Waals surface area contributed by atoms with Crippen molar-refractivity contribution in [2.75, 3.05) is 5.32 Å². The fourth-order valence-corrected chi connectivity index (χ4v) is 2.21. The Labute approximate surface area is 127 Å². The molecule has 0 aliphatic heterocycles. The van der Waals surface area contributed by atoms with Gasteiger partial charge < -0.3 is 10.4 Å². The van der Waals surface area contributed by atoms with E-state index in [1.165, 1.54) is 0 Å². The smallest absolute Gasteiger partial charge is 0.337 e. The fourth-order valence-electron chi connectivity index (χ4n) is 2.21. The van der Waals surface area contributed by atoms with Crippen LogP contribution in [0.3, 0.4) is 0 Å². The number of nitrogens with one attached hydrogen (secondary N) is 1. The number of hydrogen-bond acceptors (Lipinski definition) is 3. The van der Waals surface area contributed by atoms with Crippen molar-refractivity contribution in [2.24, 2.45) is 0 Å². The Morgan fingerprint density at radius 2 is 1.95 bits per heavy atom. The summed E-state index contributed by atoms with van der Waals surface area (Å²) in [4.78, 5) is 15.4. The molecule has 0 saturated carbocycles. The second kappa shape index (κ2) is 6.13. The number of hydrogen-bond donors (Lipinski definition) is 2. The van der Waals surface area contributed by atoms with Crippen LogP contribution in [0.4, 0.5) is 20.3 Å². The molecule has 7 heteroatoms. The molecule has 2 N–H and O–H groups in total. The number of carbonyl (C=O) groups is 1. The zero-order chi connectivity index (χ0) is 16.4. The largest absolute Gasteiger partial charge is 0.478 e. The average Bonchev–Trinajstić information content (AvgIpc) is 2.48. The van der Waals surface area contributed by atoms with Gasteiger partial charge in [-0.05, 0) is 37.1 Å². The molecule has 0 aliphatic carbocycles. The molecule has 0 saturated heterocycles. The SMILES string of the molecule is CBc1cnc(Nc2c(C(=O)O)ccc(F)c2F)c(C)c1C. The summed E-state index contributed by atoms with van der Waals surface area (Å²) in [6.07, 6.45) is 1.64. The summed E-state index contributed by atoms with van der Waals surface area (Å²) in [5.41, 5.74) is 2.01. The van der Waals surface area contributed by atoms with Gasteiger partial charge in [0.1, 0.15) is 5.82 Å². The zero-order valence-corrected chi connectivity index (χ0v) is 12.5. The summed E-state index contributed by atoms with van der Waals surface area (Å²) in [5, 5.41) is 11.7. The number of carboxylic acid groups (broad SMARTS) is 1.